The van der Waals surface area contributed by atoms with Gasteiger partial charge in [0.25, 0.3) is 5.91 Å². The van der Waals surface area contributed by atoms with Crippen LogP contribution in [0, 0.1) is 0 Å². The summed E-state index contributed by atoms with van der Waals surface area (Å²) in [7, 11) is 0. The Morgan fingerprint density at radius 2 is 1.84 bits per heavy atom. The van der Waals surface area contributed by atoms with Crippen LogP contribution in [0.15, 0.2) is 28.9 Å². The van der Waals surface area contributed by atoms with Gasteiger partial charge in [-0.3, -0.25) is 14.4 Å². The van der Waals surface area contributed by atoms with E-state index >= 15 is 0 Å². The largest absolute Gasteiger partial charge is 0.352 e. The van der Waals surface area contributed by atoms with Crippen LogP contribution >= 0.6 is 0 Å². The molecule has 168 valence electrons. The molecular weight excluding hydrogens is 392 g/mol. The minimum absolute atomic E-state index is 0.0157. The topological polar surface area (TPSA) is 82.1 Å². The first-order valence-corrected chi connectivity index (χ1v) is 11.8. The average molecular weight is 427 g/mol. The number of aliphatic imine (C=N–C) groups is 1. The van der Waals surface area contributed by atoms with E-state index in [0.717, 1.165) is 57.1 Å². The number of nitrogens with zero attached hydrogens (tertiary/aromatic N) is 3. The number of hydrogen-bond acceptors (Lipinski definition) is 4. The lowest BCUT2D eigenvalue weighted by Crippen LogP contribution is -2.64. The van der Waals surface area contributed by atoms with Crippen molar-refractivity contribution in [1.29, 1.82) is 0 Å². The van der Waals surface area contributed by atoms with Gasteiger partial charge in [0.2, 0.25) is 11.8 Å². The standard InChI is InChI=1S/C24H34N4O3/c1-17-9-8-14-20-26-21(29)15-24(2,28(17)20)23(31)27(19-12-6-7-13-19)16-22(30)25-18-10-4-3-5-11-18/h8-9,14,18-19H,3-7,10-13,15-16H2,1-2H3,(H,25,30)/t24-/m0/s1. The van der Waals surface area contributed by atoms with Crippen LogP contribution in [-0.2, 0) is 14.4 Å². The molecule has 3 amide bonds. The smallest absolute Gasteiger partial charge is 0.250 e. The normalized spacial score (nSPS) is 26.9. The number of hydrogen-bond donors (Lipinski definition) is 1. The summed E-state index contributed by atoms with van der Waals surface area (Å²) in [4.78, 5) is 47.2. The highest BCUT2D eigenvalue weighted by atomic mass is 16.2. The van der Waals surface area contributed by atoms with Gasteiger partial charge >= 0.3 is 0 Å². The number of amides is 3. The highest BCUT2D eigenvalue weighted by Gasteiger charge is 2.50. The summed E-state index contributed by atoms with van der Waals surface area (Å²) in [6.07, 6.45) is 15.0. The van der Waals surface area contributed by atoms with Crippen LogP contribution in [0.25, 0.3) is 0 Å². The molecule has 7 nitrogen and oxygen atoms in total. The Labute approximate surface area is 184 Å². The van der Waals surface area contributed by atoms with Crippen molar-refractivity contribution < 1.29 is 14.4 Å². The predicted molar refractivity (Wildman–Crippen MR) is 119 cm³/mol. The fraction of sp³-hybridized carbons (Fsp3) is 0.667. The van der Waals surface area contributed by atoms with E-state index in [9.17, 15) is 14.4 Å². The third-order valence-electron chi connectivity index (χ3n) is 7.16. The molecule has 2 fully saturated rings. The van der Waals surface area contributed by atoms with E-state index in [1.165, 1.54) is 6.42 Å². The van der Waals surface area contributed by atoms with E-state index in [-0.39, 0.29) is 42.8 Å². The average Bonchev–Trinajstić information content (AvgIpc) is 3.26. The minimum Gasteiger partial charge on any atom is -0.352 e. The van der Waals surface area contributed by atoms with Crippen molar-refractivity contribution >= 4 is 23.6 Å². The lowest BCUT2D eigenvalue weighted by atomic mass is 9.88. The van der Waals surface area contributed by atoms with Gasteiger partial charge < -0.3 is 15.1 Å². The van der Waals surface area contributed by atoms with Crippen LogP contribution in [0.4, 0.5) is 0 Å². The van der Waals surface area contributed by atoms with Gasteiger partial charge in [0.05, 0.1) is 13.0 Å². The number of carbonyl (C=O) groups excluding carboxylic acids is 3. The second-order valence-electron chi connectivity index (χ2n) is 9.59. The van der Waals surface area contributed by atoms with Crippen molar-refractivity contribution in [3.63, 3.8) is 0 Å². The van der Waals surface area contributed by atoms with Crippen molar-refractivity contribution in [2.45, 2.75) is 95.7 Å². The molecular formula is C24H34N4O3. The number of amidine groups is 1. The molecule has 0 spiro atoms. The molecule has 2 saturated carbocycles. The Morgan fingerprint density at radius 1 is 1.16 bits per heavy atom. The van der Waals surface area contributed by atoms with E-state index in [4.69, 9.17) is 0 Å². The van der Waals surface area contributed by atoms with Crippen molar-refractivity contribution in [2.75, 3.05) is 6.54 Å². The summed E-state index contributed by atoms with van der Waals surface area (Å²) in [5.41, 5.74) is -0.199. The molecule has 0 aromatic carbocycles. The second-order valence-corrected chi connectivity index (χ2v) is 9.59. The van der Waals surface area contributed by atoms with Crippen LogP contribution < -0.4 is 5.32 Å². The van der Waals surface area contributed by atoms with Gasteiger partial charge in [-0.1, -0.05) is 38.2 Å². The van der Waals surface area contributed by atoms with E-state index in [1.807, 2.05) is 30.9 Å². The van der Waals surface area contributed by atoms with Crippen LogP contribution in [0.2, 0.25) is 0 Å². The fourth-order valence-corrected chi connectivity index (χ4v) is 5.61. The maximum Gasteiger partial charge on any atom is 0.250 e. The summed E-state index contributed by atoms with van der Waals surface area (Å²) in [6, 6.07) is 0.258. The minimum atomic E-state index is -1.08. The highest BCUT2D eigenvalue weighted by molar-refractivity contribution is 6.10. The van der Waals surface area contributed by atoms with Gasteiger partial charge in [0.1, 0.15) is 11.4 Å². The molecule has 31 heavy (non-hydrogen) atoms. The summed E-state index contributed by atoms with van der Waals surface area (Å²) in [5, 5.41) is 3.16. The maximum absolute atomic E-state index is 14.0. The van der Waals surface area contributed by atoms with Gasteiger partial charge in [-0.25, -0.2) is 0 Å². The van der Waals surface area contributed by atoms with E-state index in [0.29, 0.717) is 5.84 Å². The van der Waals surface area contributed by atoms with Gasteiger partial charge in [0.15, 0.2) is 0 Å². The van der Waals surface area contributed by atoms with Crippen LogP contribution in [0.5, 0.6) is 0 Å². The van der Waals surface area contributed by atoms with Crippen molar-refractivity contribution in [1.82, 2.24) is 15.1 Å². The van der Waals surface area contributed by atoms with Gasteiger partial charge in [0, 0.05) is 17.8 Å². The zero-order valence-electron chi connectivity index (χ0n) is 18.7. The van der Waals surface area contributed by atoms with E-state index in [2.05, 4.69) is 10.3 Å². The third-order valence-corrected chi connectivity index (χ3v) is 7.16. The Bertz CT molecular complexity index is 834. The van der Waals surface area contributed by atoms with Crippen molar-refractivity contribution in [3.05, 3.63) is 23.9 Å². The lowest BCUT2D eigenvalue weighted by molar-refractivity contribution is -0.148. The maximum atomic E-state index is 14.0. The van der Waals surface area contributed by atoms with Gasteiger partial charge in [-0.15, -0.1) is 0 Å². The van der Waals surface area contributed by atoms with Crippen LogP contribution in [-0.4, -0.2) is 57.5 Å². The van der Waals surface area contributed by atoms with E-state index in [1.54, 1.807) is 11.0 Å². The van der Waals surface area contributed by atoms with Gasteiger partial charge in [-0.05, 0) is 51.7 Å². The van der Waals surface area contributed by atoms with Gasteiger partial charge in [-0.2, -0.15) is 4.99 Å². The third kappa shape index (κ3) is 4.46. The summed E-state index contributed by atoms with van der Waals surface area (Å²) < 4.78 is 0. The van der Waals surface area contributed by atoms with Crippen molar-refractivity contribution in [3.8, 4) is 0 Å². The van der Waals surface area contributed by atoms with Crippen molar-refractivity contribution in [2.24, 2.45) is 4.99 Å². The number of rotatable bonds is 5. The number of carbonyl (C=O) groups is 3. The quantitative estimate of drug-likeness (QED) is 0.732. The first-order chi connectivity index (χ1) is 14.9. The number of nitrogens with one attached hydrogen (secondary N) is 1. The molecule has 2 aliphatic heterocycles. The van der Waals surface area contributed by atoms with Crippen LogP contribution in [0.3, 0.4) is 0 Å². The fourth-order valence-electron chi connectivity index (χ4n) is 5.61. The molecule has 0 aromatic heterocycles. The molecule has 4 rings (SSSR count). The predicted octanol–water partition coefficient (Wildman–Crippen LogP) is 3.07. The molecule has 2 heterocycles. The molecule has 1 N–H and O–H groups in total. The molecule has 7 heteroatoms. The lowest BCUT2D eigenvalue weighted by Gasteiger charge is -2.47. The highest BCUT2D eigenvalue weighted by Crippen LogP contribution is 2.35. The van der Waals surface area contributed by atoms with E-state index < -0.39 is 5.54 Å². The summed E-state index contributed by atoms with van der Waals surface area (Å²) in [6.45, 7) is 3.80. The molecule has 0 saturated heterocycles. The zero-order chi connectivity index (χ0) is 22.0. The Hall–Kier alpha value is -2.44. The molecule has 0 radical (unpaired) electrons. The monoisotopic (exact) mass is 426 g/mol. The molecule has 2 aliphatic carbocycles. The first-order valence-electron chi connectivity index (χ1n) is 11.8. The zero-order valence-corrected chi connectivity index (χ0v) is 18.7. The molecule has 0 aromatic rings. The Kier molecular flexibility index (Phi) is 6.30. The SMILES string of the molecule is CC1=CC=CC2=NC(=O)C[C@@](C)(C(=O)N(CC(=O)NC3CCCCC3)C3CCCC3)N12. The summed E-state index contributed by atoms with van der Waals surface area (Å²) >= 11 is 0. The summed E-state index contributed by atoms with van der Waals surface area (Å²) in [5.74, 6) is -0.0239. The Balaban J connectivity index is 1.57. The second kappa shape index (κ2) is 8.97. The molecule has 1 atom stereocenters. The molecule has 0 bridgehead atoms. The molecule has 0 unspecified atom stereocenters. The van der Waals surface area contributed by atoms with Crippen LogP contribution in [0.1, 0.15) is 78.1 Å². The Morgan fingerprint density at radius 3 is 2.55 bits per heavy atom. The molecule has 4 aliphatic rings. The number of fused-ring (bicyclic) bond motifs is 1. The number of allylic oxidation sites excluding steroid dienone is 3. The first kappa shape index (κ1) is 21.8.